The van der Waals surface area contributed by atoms with Gasteiger partial charge < -0.3 is 15.0 Å². The SMILES string of the molecule is Cc1c(C(=O)Nc2ccccc2N2CCOCC2)sc2cccc(F)c12. The molecule has 1 aromatic heterocycles. The van der Waals surface area contributed by atoms with E-state index in [4.69, 9.17) is 4.74 Å². The summed E-state index contributed by atoms with van der Waals surface area (Å²) in [5.74, 6) is -0.493. The number of nitrogens with one attached hydrogen (secondary N) is 1. The van der Waals surface area contributed by atoms with Crippen molar-refractivity contribution in [3.63, 3.8) is 0 Å². The van der Waals surface area contributed by atoms with Gasteiger partial charge in [-0.05, 0) is 36.8 Å². The third kappa shape index (κ3) is 3.06. The van der Waals surface area contributed by atoms with Gasteiger partial charge in [-0.15, -0.1) is 11.3 Å². The summed E-state index contributed by atoms with van der Waals surface area (Å²) in [6.45, 7) is 4.73. The van der Waals surface area contributed by atoms with E-state index in [0.717, 1.165) is 29.2 Å². The highest BCUT2D eigenvalue weighted by Crippen LogP contribution is 2.34. The molecule has 4 rings (SSSR count). The van der Waals surface area contributed by atoms with Crippen molar-refractivity contribution in [3.05, 3.63) is 58.7 Å². The van der Waals surface area contributed by atoms with Crippen LogP contribution in [0.4, 0.5) is 15.8 Å². The zero-order valence-corrected chi connectivity index (χ0v) is 15.2. The predicted molar refractivity (Wildman–Crippen MR) is 104 cm³/mol. The van der Waals surface area contributed by atoms with E-state index in [9.17, 15) is 9.18 Å². The van der Waals surface area contributed by atoms with Gasteiger partial charge in [-0.1, -0.05) is 18.2 Å². The van der Waals surface area contributed by atoms with E-state index in [0.29, 0.717) is 29.0 Å². The van der Waals surface area contributed by atoms with Crippen LogP contribution in [0.3, 0.4) is 0 Å². The molecule has 0 radical (unpaired) electrons. The second-order valence-corrected chi connectivity index (χ2v) is 7.29. The molecule has 0 atom stereocenters. The number of hydrogen-bond donors (Lipinski definition) is 1. The maximum absolute atomic E-state index is 14.1. The highest BCUT2D eigenvalue weighted by molar-refractivity contribution is 7.21. The molecule has 1 fully saturated rings. The van der Waals surface area contributed by atoms with Gasteiger partial charge in [-0.2, -0.15) is 0 Å². The Bertz CT molecular complexity index is 964. The minimum atomic E-state index is -0.288. The fourth-order valence-corrected chi connectivity index (χ4v) is 4.43. The zero-order valence-electron chi connectivity index (χ0n) is 14.4. The van der Waals surface area contributed by atoms with Gasteiger partial charge in [0.05, 0.1) is 29.5 Å². The Kier molecular flexibility index (Phi) is 4.61. The first-order valence-corrected chi connectivity index (χ1v) is 9.37. The summed E-state index contributed by atoms with van der Waals surface area (Å²) in [5, 5.41) is 3.54. The molecule has 2 heterocycles. The van der Waals surface area contributed by atoms with Gasteiger partial charge in [0.1, 0.15) is 5.82 Å². The van der Waals surface area contributed by atoms with Crippen LogP contribution in [0.2, 0.25) is 0 Å². The molecule has 6 heteroatoms. The van der Waals surface area contributed by atoms with Crippen LogP contribution in [0, 0.1) is 12.7 Å². The first-order chi connectivity index (χ1) is 12.6. The number of amides is 1. The first-order valence-electron chi connectivity index (χ1n) is 8.56. The second kappa shape index (κ2) is 7.05. The van der Waals surface area contributed by atoms with Gasteiger partial charge >= 0.3 is 0 Å². The summed E-state index contributed by atoms with van der Waals surface area (Å²) in [4.78, 5) is 15.6. The number of morpholine rings is 1. The summed E-state index contributed by atoms with van der Waals surface area (Å²) in [5.41, 5.74) is 2.43. The molecule has 0 spiro atoms. The van der Waals surface area contributed by atoms with E-state index >= 15 is 0 Å². The predicted octanol–water partition coefficient (Wildman–Crippen LogP) is 4.44. The van der Waals surface area contributed by atoms with Gasteiger partial charge in [-0.25, -0.2) is 4.39 Å². The van der Waals surface area contributed by atoms with Crippen molar-refractivity contribution in [2.24, 2.45) is 0 Å². The number of para-hydroxylation sites is 2. The molecule has 3 aromatic rings. The number of anilines is 2. The van der Waals surface area contributed by atoms with E-state index in [1.165, 1.54) is 17.4 Å². The minimum Gasteiger partial charge on any atom is -0.378 e. The molecular formula is C20H19FN2O2S. The molecule has 1 amide bonds. The van der Waals surface area contributed by atoms with Crippen molar-refractivity contribution < 1.29 is 13.9 Å². The van der Waals surface area contributed by atoms with Crippen LogP contribution in [-0.2, 0) is 4.74 Å². The summed E-state index contributed by atoms with van der Waals surface area (Å²) in [6, 6.07) is 12.7. The van der Waals surface area contributed by atoms with E-state index in [2.05, 4.69) is 10.2 Å². The lowest BCUT2D eigenvalue weighted by Crippen LogP contribution is -2.36. The number of hydrogen-bond acceptors (Lipinski definition) is 4. The van der Waals surface area contributed by atoms with E-state index < -0.39 is 0 Å². The van der Waals surface area contributed by atoms with Crippen LogP contribution in [-0.4, -0.2) is 32.2 Å². The Hall–Kier alpha value is -2.44. The Morgan fingerprint density at radius 2 is 1.92 bits per heavy atom. The number of fused-ring (bicyclic) bond motifs is 1. The lowest BCUT2D eigenvalue weighted by molar-refractivity contribution is 0.103. The van der Waals surface area contributed by atoms with Crippen molar-refractivity contribution in [1.29, 1.82) is 0 Å². The lowest BCUT2D eigenvalue weighted by atomic mass is 10.1. The molecule has 1 N–H and O–H groups in total. The summed E-state index contributed by atoms with van der Waals surface area (Å²) < 4.78 is 20.3. The van der Waals surface area contributed by atoms with Crippen molar-refractivity contribution in [2.75, 3.05) is 36.5 Å². The van der Waals surface area contributed by atoms with Crippen molar-refractivity contribution in [3.8, 4) is 0 Å². The van der Waals surface area contributed by atoms with Crippen LogP contribution in [0.5, 0.6) is 0 Å². The summed E-state index contributed by atoms with van der Waals surface area (Å²) in [7, 11) is 0. The summed E-state index contributed by atoms with van der Waals surface area (Å²) >= 11 is 1.32. The molecule has 0 bridgehead atoms. The Balaban J connectivity index is 1.65. The maximum atomic E-state index is 14.1. The molecule has 0 aliphatic carbocycles. The summed E-state index contributed by atoms with van der Waals surface area (Å²) in [6.07, 6.45) is 0. The van der Waals surface area contributed by atoms with E-state index in [-0.39, 0.29) is 11.7 Å². The third-order valence-electron chi connectivity index (χ3n) is 4.61. The Morgan fingerprint density at radius 1 is 1.15 bits per heavy atom. The third-order valence-corrected chi connectivity index (χ3v) is 5.87. The van der Waals surface area contributed by atoms with Gasteiger partial charge in [0.15, 0.2) is 0 Å². The van der Waals surface area contributed by atoms with Crippen LogP contribution in [0.1, 0.15) is 15.2 Å². The molecule has 0 saturated carbocycles. The number of nitrogens with zero attached hydrogens (tertiary/aromatic N) is 1. The highest BCUT2D eigenvalue weighted by atomic mass is 32.1. The number of halogens is 1. The average Bonchev–Trinajstić information content (AvgIpc) is 3.01. The molecule has 1 aliphatic heterocycles. The fourth-order valence-electron chi connectivity index (χ4n) is 3.31. The number of carbonyl (C=O) groups is 1. The fraction of sp³-hybridized carbons (Fsp3) is 0.250. The van der Waals surface area contributed by atoms with Crippen LogP contribution in [0.15, 0.2) is 42.5 Å². The van der Waals surface area contributed by atoms with E-state index in [1.807, 2.05) is 30.3 Å². The molecule has 134 valence electrons. The van der Waals surface area contributed by atoms with Crippen molar-refractivity contribution in [2.45, 2.75) is 6.92 Å². The monoisotopic (exact) mass is 370 g/mol. The zero-order chi connectivity index (χ0) is 18.1. The lowest BCUT2D eigenvalue weighted by Gasteiger charge is -2.30. The molecule has 1 saturated heterocycles. The largest absolute Gasteiger partial charge is 0.378 e. The van der Waals surface area contributed by atoms with E-state index in [1.54, 1.807) is 13.0 Å². The highest BCUT2D eigenvalue weighted by Gasteiger charge is 2.20. The Labute approximate surface area is 155 Å². The second-order valence-electron chi connectivity index (χ2n) is 6.24. The number of rotatable bonds is 3. The van der Waals surface area contributed by atoms with Gasteiger partial charge in [0.2, 0.25) is 0 Å². The van der Waals surface area contributed by atoms with Crippen LogP contribution >= 0.6 is 11.3 Å². The van der Waals surface area contributed by atoms with Crippen molar-refractivity contribution >= 4 is 38.7 Å². The number of carbonyl (C=O) groups excluding carboxylic acids is 1. The smallest absolute Gasteiger partial charge is 0.266 e. The molecule has 0 unspecified atom stereocenters. The quantitative estimate of drug-likeness (QED) is 0.741. The molecule has 2 aromatic carbocycles. The number of ether oxygens (including phenoxy) is 1. The van der Waals surface area contributed by atoms with Crippen LogP contribution in [0.25, 0.3) is 10.1 Å². The maximum Gasteiger partial charge on any atom is 0.266 e. The number of aryl methyl sites for hydroxylation is 1. The van der Waals surface area contributed by atoms with Gasteiger partial charge in [0, 0.05) is 23.2 Å². The standard InChI is InChI=1S/C20H19FN2O2S/c1-13-18-14(21)5-4-8-17(18)26-19(13)20(24)22-15-6-2-3-7-16(15)23-9-11-25-12-10-23/h2-8H,9-12H2,1H3,(H,22,24). The van der Waals surface area contributed by atoms with Crippen molar-refractivity contribution in [1.82, 2.24) is 0 Å². The Morgan fingerprint density at radius 3 is 2.69 bits per heavy atom. The van der Waals surface area contributed by atoms with Crippen LogP contribution < -0.4 is 10.2 Å². The number of benzene rings is 2. The molecule has 1 aliphatic rings. The molecule has 4 nitrogen and oxygen atoms in total. The average molecular weight is 370 g/mol. The number of thiophene rings is 1. The minimum absolute atomic E-state index is 0.205. The first kappa shape index (κ1) is 17.0. The topological polar surface area (TPSA) is 41.6 Å². The normalized spacial score (nSPS) is 14.6. The van der Waals surface area contributed by atoms with Gasteiger partial charge in [-0.3, -0.25) is 4.79 Å². The molecule has 26 heavy (non-hydrogen) atoms. The molecular weight excluding hydrogens is 351 g/mol. The van der Waals surface area contributed by atoms with Gasteiger partial charge in [0.25, 0.3) is 5.91 Å².